The van der Waals surface area contributed by atoms with Crippen LogP contribution in [0.3, 0.4) is 0 Å². The largest absolute Gasteiger partial charge is 0.457 e. The quantitative estimate of drug-likeness (QED) is 0.426. The Morgan fingerprint density at radius 1 is 0.931 bits per heavy atom. The van der Waals surface area contributed by atoms with Gasteiger partial charge in [0.2, 0.25) is 5.91 Å². The molecule has 1 N–H and O–H groups in total. The maximum Gasteiger partial charge on any atom is 0.230 e. The highest BCUT2D eigenvalue weighted by Gasteiger charge is 2.09. The van der Waals surface area contributed by atoms with E-state index in [4.69, 9.17) is 4.74 Å². The summed E-state index contributed by atoms with van der Waals surface area (Å²) >= 11 is 1.42. The first kappa shape index (κ1) is 18.9. The van der Waals surface area contributed by atoms with E-state index >= 15 is 0 Å². The summed E-state index contributed by atoms with van der Waals surface area (Å²) in [5, 5.41) is 5.42. The number of amides is 1. The van der Waals surface area contributed by atoms with Crippen molar-refractivity contribution in [3.05, 3.63) is 95.4 Å². The van der Waals surface area contributed by atoms with E-state index < -0.39 is 0 Å². The maximum absolute atomic E-state index is 12.3. The second-order valence-corrected chi connectivity index (χ2v) is 7.55. The molecule has 4 rings (SSSR count). The van der Waals surface area contributed by atoms with Gasteiger partial charge in [-0.1, -0.05) is 48.0 Å². The normalized spacial score (nSPS) is 10.5. The van der Waals surface area contributed by atoms with Gasteiger partial charge in [0.1, 0.15) is 11.5 Å². The Balaban J connectivity index is 1.38. The van der Waals surface area contributed by atoms with Crippen molar-refractivity contribution in [2.45, 2.75) is 13.3 Å². The fourth-order valence-corrected chi connectivity index (χ4v) is 3.57. The van der Waals surface area contributed by atoms with Crippen LogP contribution in [0.25, 0.3) is 11.3 Å². The molecule has 0 atom stereocenters. The molecule has 0 aliphatic heterocycles. The zero-order valence-electron chi connectivity index (χ0n) is 16.0. The molecule has 5 heteroatoms. The number of rotatable bonds is 6. The Bertz CT molecular complexity index is 1090. The lowest BCUT2D eigenvalue weighted by molar-refractivity contribution is -0.115. The summed E-state index contributed by atoms with van der Waals surface area (Å²) < 4.78 is 5.82. The molecule has 3 aromatic carbocycles. The van der Waals surface area contributed by atoms with Crippen molar-refractivity contribution in [2.75, 3.05) is 5.32 Å². The second-order valence-electron chi connectivity index (χ2n) is 6.69. The van der Waals surface area contributed by atoms with Gasteiger partial charge < -0.3 is 10.1 Å². The van der Waals surface area contributed by atoms with Crippen molar-refractivity contribution in [2.24, 2.45) is 0 Å². The Morgan fingerprint density at radius 3 is 2.34 bits per heavy atom. The van der Waals surface area contributed by atoms with E-state index in [1.165, 1.54) is 16.9 Å². The third-order valence-corrected chi connectivity index (χ3v) is 5.12. The average Bonchev–Trinajstić information content (AvgIpc) is 3.19. The van der Waals surface area contributed by atoms with Gasteiger partial charge in [0.15, 0.2) is 5.13 Å². The Labute approximate surface area is 173 Å². The molecule has 0 spiro atoms. The molecule has 0 radical (unpaired) electrons. The SMILES string of the molecule is Cc1ccc(CC(=O)Nc2nc(-c3ccc(Oc4ccccc4)cc3)cs2)cc1. The van der Waals surface area contributed by atoms with Crippen LogP contribution in [0.15, 0.2) is 84.2 Å². The molecule has 0 aliphatic carbocycles. The Kier molecular flexibility index (Phi) is 5.68. The lowest BCUT2D eigenvalue weighted by Gasteiger charge is -2.06. The molecule has 1 heterocycles. The predicted octanol–water partition coefficient (Wildman–Crippen LogP) is 6.09. The summed E-state index contributed by atoms with van der Waals surface area (Å²) in [6.45, 7) is 2.03. The van der Waals surface area contributed by atoms with Crippen LogP contribution in [0, 0.1) is 6.92 Å². The molecule has 144 valence electrons. The maximum atomic E-state index is 12.3. The number of carbonyl (C=O) groups excluding carboxylic acids is 1. The highest BCUT2D eigenvalue weighted by Crippen LogP contribution is 2.28. The molecular formula is C24H20N2O2S. The van der Waals surface area contributed by atoms with Crippen molar-refractivity contribution in [1.29, 1.82) is 0 Å². The zero-order valence-corrected chi connectivity index (χ0v) is 16.8. The van der Waals surface area contributed by atoms with Gasteiger partial charge in [0, 0.05) is 10.9 Å². The zero-order chi connectivity index (χ0) is 20.1. The van der Waals surface area contributed by atoms with Gasteiger partial charge in [0.25, 0.3) is 0 Å². The minimum absolute atomic E-state index is 0.0682. The number of ether oxygens (including phenoxy) is 1. The van der Waals surface area contributed by atoms with E-state index in [0.717, 1.165) is 28.3 Å². The van der Waals surface area contributed by atoms with E-state index in [1.807, 2.05) is 91.2 Å². The fraction of sp³-hybridized carbons (Fsp3) is 0.0833. The number of aryl methyl sites for hydroxylation is 1. The van der Waals surface area contributed by atoms with Crippen LogP contribution in [-0.2, 0) is 11.2 Å². The number of thiazole rings is 1. The molecule has 0 bridgehead atoms. The van der Waals surface area contributed by atoms with E-state index in [0.29, 0.717) is 11.6 Å². The molecule has 0 unspecified atom stereocenters. The van der Waals surface area contributed by atoms with Gasteiger partial charge in [-0.05, 0) is 48.9 Å². The number of nitrogens with one attached hydrogen (secondary N) is 1. The molecule has 0 aliphatic rings. The van der Waals surface area contributed by atoms with Gasteiger partial charge in [0.05, 0.1) is 12.1 Å². The summed E-state index contributed by atoms with van der Waals surface area (Å²) in [5.74, 6) is 1.50. The van der Waals surface area contributed by atoms with Crippen LogP contribution >= 0.6 is 11.3 Å². The van der Waals surface area contributed by atoms with Crippen LogP contribution in [-0.4, -0.2) is 10.9 Å². The number of hydrogen-bond acceptors (Lipinski definition) is 4. The highest BCUT2D eigenvalue weighted by molar-refractivity contribution is 7.14. The summed E-state index contributed by atoms with van der Waals surface area (Å²) in [6.07, 6.45) is 0.334. The van der Waals surface area contributed by atoms with E-state index in [1.54, 1.807) is 0 Å². The molecule has 29 heavy (non-hydrogen) atoms. The van der Waals surface area contributed by atoms with Gasteiger partial charge in [-0.25, -0.2) is 4.98 Å². The molecule has 1 amide bonds. The monoisotopic (exact) mass is 400 g/mol. The second kappa shape index (κ2) is 8.71. The number of nitrogens with zero attached hydrogens (tertiary/aromatic N) is 1. The van der Waals surface area contributed by atoms with E-state index in [2.05, 4.69) is 10.3 Å². The van der Waals surface area contributed by atoms with Gasteiger partial charge >= 0.3 is 0 Å². The number of benzene rings is 3. The first-order valence-corrected chi connectivity index (χ1v) is 10.2. The Morgan fingerprint density at radius 2 is 1.62 bits per heavy atom. The van der Waals surface area contributed by atoms with E-state index in [-0.39, 0.29) is 5.91 Å². The first-order valence-electron chi connectivity index (χ1n) is 9.30. The van der Waals surface area contributed by atoms with Gasteiger partial charge in [-0.15, -0.1) is 11.3 Å². The average molecular weight is 401 g/mol. The highest BCUT2D eigenvalue weighted by atomic mass is 32.1. The third-order valence-electron chi connectivity index (χ3n) is 4.36. The summed E-state index contributed by atoms with van der Waals surface area (Å²) in [7, 11) is 0. The molecule has 0 saturated carbocycles. The number of aromatic nitrogens is 1. The van der Waals surface area contributed by atoms with E-state index in [9.17, 15) is 4.79 Å². The van der Waals surface area contributed by atoms with Crippen molar-refractivity contribution in [1.82, 2.24) is 4.98 Å². The van der Waals surface area contributed by atoms with Gasteiger partial charge in [-0.3, -0.25) is 4.79 Å². The van der Waals surface area contributed by atoms with Crippen LogP contribution < -0.4 is 10.1 Å². The summed E-state index contributed by atoms with van der Waals surface area (Å²) in [6, 6.07) is 25.4. The number of hydrogen-bond donors (Lipinski definition) is 1. The standard InChI is InChI=1S/C24H20N2O2S/c1-17-7-9-18(10-8-17)15-23(27)26-24-25-22(16-29-24)19-11-13-21(14-12-19)28-20-5-3-2-4-6-20/h2-14,16H,15H2,1H3,(H,25,26,27). The first-order chi connectivity index (χ1) is 14.2. The third kappa shape index (κ3) is 5.09. The van der Waals surface area contributed by atoms with Crippen molar-refractivity contribution in [3.63, 3.8) is 0 Å². The lowest BCUT2D eigenvalue weighted by atomic mass is 10.1. The van der Waals surface area contributed by atoms with Crippen molar-refractivity contribution < 1.29 is 9.53 Å². The smallest absolute Gasteiger partial charge is 0.230 e. The Hall–Kier alpha value is -3.44. The van der Waals surface area contributed by atoms with Gasteiger partial charge in [-0.2, -0.15) is 0 Å². The number of para-hydroxylation sites is 1. The molecule has 0 saturated heterocycles. The summed E-state index contributed by atoms with van der Waals surface area (Å²) in [4.78, 5) is 16.8. The lowest BCUT2D eigenvalue weighted by Crippen LogP contribution is -2.14. The predicted molar refractivity (Wildman–Crippen MR) is 118 cm³/mol. The topological polar surface area (TPSA) is 51.2 Å². The molecular weight excluding hydrogens is 380 g/mol. The molecule has 1 aromatic heterocycles. The fourth-order valence-electron chi connectivity index (χ4n) is 2.84. The molecule has 0 fully saturated rings. The van der Waals surface area contributed by atoms with Crippen LogP contribution in [0.5, 0.6) is 11.5 Å². The molecule has 4 nitrogen and oxygen atoms in total. The van der Waals surface area contributed by atoms with Crippen LogP contribution in [0.4, 0.5) is 5.13 Å². The molecule has 4 aromatic rings. The van der Waals surface area contributed by atoms with Crippen molar-refractivity contribution >= 4 is 22.4 Å². The minimum atomic E-state index is -0.0682. The van der Waals surface area contributed by atoms with Crippen LogP contribution in [0.1, 0.15) is 11.1 Å². The van der Waals surface area contributed by atoms with Crippen molar-refractivity contribution in [3.8, 4) is 22.8 Å². The van der Waals surface area contributed by atoms with Crippen LogP contribution in [0.2, 0.25) is 0 Å². The summed E-state index contributed by atoms with van der Waals surface area (Å²) in [5.41, 5.74) is 3.96. The minimum Gasteiger partial charge on any atom is -0.457 e. The number of carbonyl (C=O) groups is 1. The number of anilines is 1.